The Morgan fingerprint density at radius 1 is 1.50 bits per heavy atom. The summed E-state index contributed by atoms with van der Waals surface area (Å²) < 4.78 is 37.6. The normalized spacial score (nSPS) is 13.3. The van der Waals surface area contributed by atoms with Crippen molar-refractivity contribution in [3.05, 3.63) is 28.2 Å². The van der Waals surface area contributed by atoms with E-state index in [1.807, 2.05) is 0 Å². The lowest BCUT2D eigenvalue weighted by Gasteiger charge is -2.10. The molecule has 1 heterocycles. The average Bonchev–Trinajstić information content (AvgIpc) is 2.11. The number of aromatic nitrogens is 1. The van der Waals surface area contributed by atoms with Crippen LogP contribution in [0.5, 0.6) is 0 Å². The molecule has 1 unspecified atom stereocenters. The van der Waals surface area contributed by atoms with E-state index in [1.165, 1.54) is 12.3 Å². The van der Waals surface area contributed by atoms with Crippen molar-refractivity contribution in [3.8, 4) is 0 Å². The van der Waals surface area contributed by atoms with Crippen molar-refractivity contribution in [2.45, 2.75) is 18.9 Å². The quantitative estimate of drug-likeness (QED) is 0.853. The number of hydrogen-bond donors (Lipinski definition) is 1. The van der Waals surface area contributed by atoms with Crippen LogP contribution in [0.15, 0.2) is 16.7 Å². The molecule has 1 aromatic rings. The van der Waals surface area contributed by atoms with Gasteiger partial charge in [-0.1, -0.05) is 0 Å². The van der Waals surface area contributed by atoms with Gasteiger partial charge in [-0.3, -0.25) is 0 Å². The van der Waals surface area contributed by atoms with Crippen LogP contribution in [0, 0.1) is 5.95 Å². The van der Waals surface area contributed by atoms with Crippen molar-refractivity contribution >= 4 is 15.9 Å². The third kappa shape index (κ3) is 2.95. The van der Waals surface area contributed by atoms with Crippen LogP contribution in [0.25, 0.3) is 0 Å². The summed E-state index contributed by atoms with van der Waals surface area (Å²) in [6.45, 7) is 0. The Hall–Kier alpha value is -0.620. The van der Waals surface area contributed by atoms with E-state index >= 15 is 0 Å². The first-order valence-corrected chi connectivity index (χ1v) is 4.63. The molecule has 0 amide bonds. The summed E-state index contributed by atoms with van der Waals surface area (Å²) >= 11 is 3.07. The maximum absolute atomic E-state index is 13.0. The van der Waals surface area contributed by atoms with Gasteiger partial charge in [-0.05, 0) is 28.4 Å². The highest BCUT2D eigenvalue weighted by atomic mass is 79.9. The summed E-state index contributed by atoms with van der Waals surface area (Å²) in [6.07, 6.45) is -1.63. The molecule has 1 aromatic heterocycles. The van der Waals surface area contributed by atoms with Crippen LogP contribution >= 0.6 is 15.9 Å². The highest BCUT2D eigenvalue weighted by Crippen LogP contribution is 2.15. The Bertz CT molecular complexity index is 319. The predicted molar refractivity (Wildman–Crippen MR) is 49.6 cm³/mol. The van der Waals surface area contributed by atoms with E-state index in [9.17, 15) is 13.2 Å². The Kier molecular flexibility index (Phi) is 3.88. The van der Waals surface area contributed by atoms with Crippen molar-refractivity contribution in [2.24, 2.45) is 5.73 Å². The molecule has 0 saturated heterocycles. The second-order valence-corrected chi connectivity index (χ2v) is 3.72. The summed E-state index contributed by atoms with van der Waals surface area (Å²) in [5, 5.41) is 0. The van der Waals surface area contributed by atoms with Gasteiger partial charge in [-0.15, -0.1) is 0 Å². The molecule has 0 spiro atoms. The maximum atomic E-state index is 13.0. The minimum Gasteiger partial charge on any atom is -0.323 e. The smallest absolute Gasteiger partial charge is 0.253 e. The highest BCUT2D eigenvalue weighted by molar-refractivity contribution is 9.10. The topological polar surface area (TPSA) is 38.9 Å². The molecule has 1 rings (SSSR count). The molecule has 14 heavy (non-hydrogen) atoms. The van der Waals surface area contributed by atoms with E-state index in [1.54, 1.807) is 0 Å². The maximum Gasteiger partial charge on any atom is 0.253 e. The lowest BCUT2D eigenvalue weighted by atomic mass is 10.1. The molecule has 0 aliphatic heterocycles. The summed E-state index contributed by atoms with van der Waals surface area (Å²) in [5.74, 6) is -0.760. The standard InChI is InChI=1S/C8H8BrF3N2/c9-5-1-4(8(12)14-3-5)2-6(13)7(10)11/h1,3,6-7H,2,13H2. The van der Waals surface area contributed by atoms with Crippen molar-refractivity contribution in [2.75, 3.05) is 0 Å². The number of hydrogen-bond acceptors (Lipinski definition) is 2. The molecule has 2 nitrogen and oxygen atoms in total. The van der Waals surface area contributed by atoms with Crippen molar-refractivity contribution in [1.29, 1.82) is 0 Å². The zero-order valence-electron chi connectivity index (χ0n) is 7.05. The number of halogens is 4. The van der Waals surface area contributed by atoms with Crippen molar-refractivity contribution in [3.63, 3.8) is 0 Å². The third-order valence-corrected chi connectivity index (χ3v) is 2.09. The Labute approximate surface area is 87.4 Å². The largest absolute Gasteiger partial charge is 0.323 e. The first kappa shape index (κ1) is 11.5. The second kappa shape index (κ2) is 4.75. The van der Waals surface area contributed by atoms with Gasteiger partial charge in [0.05, 0.1) is 6.04 Å². The molecule has 0 bridgehead atoms. The first-order valence-electron chi connectivity index (χ1n) is 3.84. The second-order valence-electron chi connectivity index (χ2n) is 2.81. The number of nitrogens with two attached hydrogens (primary N) is 1. The van der Waals surface area contributed by atoms with Crippen molar-refractivity contribution < 1.29 is 13.2 Å². The molecule has 0 aromatic carbocycles. The molecule has 78 valence electrons. The van der Waals surface area contributed by atoms with Gasteiger partial charge in [0, 0.05) is 16.2 Å². The molecule has 0 aliphatic carbocycles. The third-order valence-electron chi connectivity index (χ3n) is 1.66. The Morgan fingerprint density at radius 3 is 2.71 bits per heavy atom. The van der Waals surface area contributed by atoms with Gasteiger partial charge in [-0.2, -0.15) is 4.39 Å². The molecular weight excluding hydrogens is 261 g/mol. The zero-order chi connectivity index (χ0) is 10.7. The Balaban J connectivity index is 2.80. The highest BCUT2D eigenvalue weighted by Gasteiger charge is 2.18. The van der Waals surface area contributed by atoms with Gasteiger partial charge in [0.1, 0.15) is 0 Å². The molecule has 6 heteroatoms. The van der Waals surface area contributed by atoms with Crippen LogP contribution in [0.2, 0.25) is 0 Å². The number of nitrogens with zero attached hydrogens (tertiary/aromatic N) is 1. The van der Waals surface area contributed by atoms with Crippen molar-refractivity contribution in [1.82, 2.24) is 4.98 Å². The van der Waals surface area contributed by atoms with Gasteiger partial charge >= 0.3 is 0 Å². The van der Waals surface area contributed by atoms with Gasteiger partial charge in [0.15, 0.2) is 0 Å². The monoisotopic (exact) mass is 268 g/mol. The fraction of sp³-hybridized carbons (Fsp3) is 0.375. The Morgan fingerprint density at radius 2 is 2.14 bits per heavy atom. The van der Waals surface area contributed by atoms with E-state index in [4.69, 9.17) is 5.73 Å². The van der Waals surface area contributed by atoms with Gasteiger partial charge < -0.3 is 5.73 Å². The molecule has 1 atom stereocenters. The van der Waals surface area contributed by atoms with Crippen LogP contribution in [0.3, 0.4) is 0 Å². The molecule has 0 radical (unpaired) electrons. The lowest BCUT2D eigenvalue weighted by molar-refractivity contribution is 0.115. The SMILES string of the molecule is NC(Cc1cc(Br)cnc1F)C(F)F. The summed E-state index contributed by atoms with van der Waals surface area (Å²) in [7, 11) is 0. The van der Waals surface area contributed by atoms with Crippen LogP contribution < -0.4 is 5.73 Å². The molecule has 0 saturated carbocycles. The van der Waals surface area contributed by atoms with Crippen LogP contribution in [-0.2, 0) is 6.42 Å². The van der Waals surface area contributed by atoms with E-state index < -0.39 is 18.4 Å². The molecule has 0 fully saturated rings. The van der Waals surface area contributed by atoms with E-state index in [0.29, 0.717) is 4.47 Å². The first-order chi connectivity index (χ1) is 6.50. The summed E-state index contributed by atoms with van der Waals surface area (Å²) in [5.41, 5.74) is 5.20. The minimum absolute atomic E-state index is 0.0900. The van der Waals surface area contributed by atoms with Gasteiger partial charge in [-0.25, -0.2) is 13.8 Å². The van der Waals surface area contributed by atoms with E-state index in [2.05, 4.69) is 20.9 Å². The fourth-order valence-corrected chi connectivity index (χ4v) is 1.33. The average molecular weight is 269 g/mol. The summed E-state index contributed by atoms with van der Waals surface area (Å²) in [6, 6.07) is 0.0329. The minimum atomic E-state index is -2.66. The fourth-order valence-electron chi connectivity index (χ4n) is 0.951. The molecular formula is C8H8BrF3N2. The van der Waals surface area contributed by atoms with Crippen LogP contribution in [0.4, 0.5) is 13.2 Å². The van der Waals surface area contributed by atoms with Crippen LogP contribution in [-0.4, -0.2) is 17.5 Å². The predicted octanol–water partition coefficient (Wildman–Crippen LogP) is 2.12. The van der Waals surface area contributed by atoms with Gasteiger partial charge in [0.2, 0.25) is 5.95 Å². The lowest BCUT2D eigenvalue weighted by Crippen LogP contribution is -2.31. The zero-order valence-corrected chi connectivity index (χ0v) is 8.64. The van der Waals surface area contributed by atoms with E-state index in [0.717, 1.165) is 0 Å². The summed E-state index contributed by atoms with van der Waals surface area (Å²) in [4.78, 5) is 3.38. The van der Waals surface area contributed by atoms with Crippen LogP contribution in [0.1, 0.15) is 5.56 Å². The van der Waals surface area contributed by atoms with Gasteiger partial charge in [0.25, 0.3) is 6.43 Å². The molecule has 2 N–H and O–H groups in total. The number of pyridine rings is 1. The van der Waals surface area contributed by atoms with E-state index in [-0.39, 0.29) is 12.0 Å². The number of alkyl halides is 2. The number of rotatable bonds is 3. The molecule has 0 aliphatic rings.